The normalized spacial score (nSPS) is 15.3. The number of fused-ring (bicyclic) bond motifs is 2. The molecule has 4 aromatic carbocycles. The molecule has 0 unspecified atom stereocenters. The molecule has 0 aromatic heterocycles. The van der Waals surface area contributed by atoms with Gasteiger partial charge >= 0.3 is 0 Å². The first-order valence-electron chi connectivity index (χ1n) is 17.7. The molecule has 0 fully saturated rings. The van der Waals surface area contributed by atoms with Crippen LogP contribution in [0.4, 0.5) is 0 Å². The van der Waals surface area contributed by atoms with Crippen LogP contribution in [-0.2, 0) is 0 Å². The van der Waals surface area contributed by atoms with E-state index in [9.17, 15) is 0 Å². The molecule has 0 N–H and O–H groups in total. The predicted molar refractivity (Wildman–Crippen MR) is 209 cm³/mol. The highest BCUT2D eigenvalue weighted by Crippen LogP contribution is 2.58. The Bertz CT molecular complexity index is 1770. The van der Waals surface area contributed by atoms with Crippen molar-refractivity contribution >= 4 is 18.5 Å². The minimum absolute atomic E-state index is 0.00479. The summed E-state index contributed by atoms with van der Waals surface area (Å²) in [4.78, 5) is 0. The lowest BCUT2D eigenvalue weighted by atomic mass is 9.85. The predicted octanol–water partition coefficient (Wildman–Crippen LogP) is 13.5. The number of hydrogen-bond donors (Lipinski definition) is 0. The summed E-state index contributed by atoms with van der Waals surface area (Å²) in [5, 5.41) is 3.22. The van der Waals surface area contributed by atoms with Gasteiger partial charge in [-0.1, -0.05) is 178 Å². The molecule has 242 valence electrons. The monoisotopic (exact) mass is 634 g/mol. The van der Waals surface area contributed by atoms with Gasteiger partial charge in [-0.3, -0.25) is 0 Å². The Hall–Kier alpha value is -3.42. The minimum atomic E-state index is -2.41. The van der Waals surface area contributed by atoms with Crippen LogP contribution in [0.15, 0.2) is 96.1 Å². The number of benzene rings is 4. The van der Waals surface area contributed by atoms with Crippen LogP contribution >= 0.6 is 0 Å². The Balaban J connectivity index is 1.70. The molecule has 0 spiro atoms. The van der Waals surface area contributed by atoms with Gasteiger partial charge in [-0.15, -0.1) is 0 Å². The van der Waals surface area contributed by atoms with Crippen molar-refractivity contribution < 1.29 is 0 Å². The third-order valence-corrected chi connectivity index (χ3v) is 14.0. The molecule has 0 saturated carbocycles. The van der Waals surface area contributed by atoms with Crippen molar-refractivity contribution in [1.82, 2.24) is 0 Å². The summed E-state index contributed by atoms with van der Waals surface area (Å²) in [5.41, 5.74) is 17.1. The van der Waals surface area contributed by atoms with Crippen molar-refractivity contribution in [2.45, 2.75) is 94.2 Å². The van der Waals surface area contributed by atoms with E-state index in [1.165, 1.54) is 66.8 Å². The highest BCUT2D eigenvalue weighted by molar-refractivity contribution is 7.09. The summed E-state index contributed by atoms with van der Waals surface area (Å²) < 4.78 is 0. The molecule has 0 bridgehead atoms. The Labute approximate surface area is 287 Å². The summed E-state index contributed by atoms with van der Waals surface area (Å²) in [6, 6.07) is 32.3. The molecule has 2 aliphatic carbocycles. The lowest BCUT2D eigenvalue weighted by Crippen LogP contribution is -2.34. The molecule has 47 heavy (non-hydrogen) atoms. The summed E-state index contributed by atoms with van der Waals surface area (Å²) in [6.07, 6.45) is 5.08. The maximum atomic E-state index is 2.65. The van der Waals surface area contributed by atoms with E-state index < -0.39 is 8.07 Å². The van der Waals surface area contributed by atoms with Gasteiger partial charge < -0.3 is 0 Å². The molecule has 2 aliphatic rings. The lowest BCUT2D eigenvalue weighted by Gasteiger charge is -2.37. The lowest BCUT2D eigenvalue weighted by molar-refractivity contribution is 0.515. The van der Waals surface area contributed by atoms with Crippen LogP contribution in [0.25, 0.3) is 32.6 Å². The molecule has 0 heterocycles. The van der Waals surface area contributed by atoms with E-state index in [2.05, 4.69) is 180 Å². The van der Waals surface area contributed by atoms with Crippen LogP contribution < -0.4 is 0 Å². The second-order valence-electron chi connectivity index (χ2n) is 17.0. The van der Waals surface area contributed by atoms with Crippen LogP contribution in [0.2, 0.25) is 13.1 Å². The zero-order valence-electron chi connectivity index (χ0n) is 30.9. The average molecular weight is 635 g/mol. The number of rotatable bonds is 6. The molecule has 0 aliphatic heterocycles. The van der Waals surface area contributed by atoms with Crippen molar-refractivity contribution in [3.05, 3.63) is 142 Å². The van der Waals surface area contributed by atoms with Crippen molar-refractivity contribution in [2.75, 3.05) is 0 Å². The van der Waals surface area contributed by atoms with Gasteiger partial charge in [-0.25, -0.2) is 0 Å². The first-order valence-corrected chi connectivity index (χ1v) is 20.7. The molecule has 4 aromatic rings. The maximum Gasteiger partial charge on any atom is 0.113 e. The van der Waals surface area contributed by atoms with E-state index >= 15 is 0 Å². The molecule has 6 rings (SSSR count). The van der Waals surface area contributed by atoms with Gasteiger partial charge in [0.2, 0.25) is 0 Å². The molecule has 1 heteroatoms. The molecule has 0 nitrogen and oxygen atoms in total. The molecule has 2 radical (unpaired) electrons. The third-order valence-electron chi connectivity index (χ3n) is 10.4. The highest BCUT2D eigenvalue weighted by atomic mass is 28.3. The van der Waals surface area contributed by atoms with Gasteiger partial charge in [0.15, 0.2) is 0 Å². The van der Waals surface area contributed by atoms with Crippen LogP contribution in [0, 0.1) is 23.7 Å². The van der Waals surface area contributed by atoms with Crippen molar-refractivity contribution in [3.8, 4) is 22.3 Å². The average Bonchev–Trinajstić information content (AvgIpc) is 3.62. The molecule has 0 saturated heterocycles. The number of allylic oxidation sites excluding steroid dienone is 2. The Morgan fingerprint density at radius 3 is 1.13 bits per heavy atom. The van der Waals surface area contributed by atoms with Gasteiger partial charge in [0.1, 0.15) is 8.07 Å². The molecule has 0 amide bonds. The van der Waals surface area contributed by atoms with Crippen molar-refractivity contribution in [3.63, 3.8) is 0 Å². The first kappa shape index (κ1) is 33.5. The van der Waals surface area contributed by atoms with E-state index in [0.717, 1.165) is 0 Å². The van der Waals surface area contributed by atoms with Gasteiger partial charge in [-0.2, -0.15) is 0 Å². The van der Waals surface area contributed by atoms with E-state index in [0.29, 0.717) is 11.8 Å². The summed E-state index contributed by atoms with van der Waals surface area (Å²) in [7, 11) is -2.41. The van der Waals surface area contributed by atoms with E-state index in [1.807, 2.05) is 0 Å². The van der Waals surface area contributed by atoms with Gasteiger partial charge in [0.05, 0.1) is 0 Å². The van der Waals surface area contributed by atoms with Crippen LogP contribution in [0.1, 0.15) is 114 Å². The highest BCUT2D eigenvalue weighted by Gasteiger charge is 2.47. The van der Waals surface area contributed by atoms with E-state index in [-0.39, 0.29) is 10.8 Å². The van der Waals surface area contributed by atoms with E-state index in [4.69, 9.17) is 0 Å². The van der Waals surface area contributed by atoms with Crippen molar-refractivity contribution in [1.29, 1.82) is 0 Å². The fourth-order valence-corrected chi connectivity index (χ4v) is 12.5. The zero-order chi connectivity index (χ0) is 34.1. The topological polar surface area (TPSA) is 0 Å². The van der Waals surface area contributed by atoms with Crippen molar-refractivity contribution in [2.24, 2.45) is 10.8 Å². The summed E-state index contributed by atoms with van der Waals surface area (Å²) >= 11 is 0. The minimum Gasteiger partial charge on any atom is -0.0619 e. The third kappa shape index (κ3) is 5.73. The number of hydrogen-bond acceptors (Lipinski definition) is 0. The Morgan fingerprint density at radius 2 is 0.787 bits per heavy atom. The van der Waals surface area contributed by atoms with Crippen LogP contribution in [0.5, 0.6) is 0 Å². The largest absolute Gasteiger partial charge is 0.113 e. The van der Waals surface area contributed by atoms with Gasteiger partial charge in [-0.05, 0) is 88.7 Å². The Morgan fingerprint density at radius 1 is 0.447 bits per heavy atom. The molecule has 0 atom stereocenters. The van der Waals surface area contributed by atoms with Gasteiger partial charge in [0.25, 0.3) is 0 Å². The van der Waals surface area contributed by atoms with Crippen LogP contribution in [-0.4, -0.2) is 8.07 Å². The van der Waals surface area contributed by atoms with Crippen LogP contribution in [0.3, 0.4) is 0 Å². The molecular weight excluding hydrogens is 581 g/mol. The standard InChI is InChI=1S/C46H54Si/c1-29(2)33-21-13-15-23-35(33)37-25-17-19-31-27-39(45(5,6)7)43(41(31)37)47(11,12)44-40(46(8,9)10)28-32-20-18-26-38(42(32)44)36-24-16-14-22-34(36)30(3)4/h13-30H,1-12H3. The second-order valence-corrected chi connectivity index (χ2v) is 21.3. The second kappa shape index (κ2) is 11.9. The summed E-state index contributed by atoms with van der Waals surface area (Å²) in [5.74, 6) is 0.893. The smallest absolute Gasteiger partial charge is 0.0619 e. The quantitative estimate of drug-likeness (QED) is 0.185. The van der Waals surface area contributed by atoms with Gasteiger partial charge in [0, 0.05) is 12.8 Å². The maximum absolute atomic E-state index is 2.65. The molecular formula is C46H54Si. The Kier molecular flexibility index (Phi) is 8.49. The summed E-state index contributed by atoms with van der Waals surface area (Å²) in [6.45, 7) is 29.1. The zero-order valence-corrected chi connectivity index (χ0v) is 31.9. The fourth-order valence-electron chi connectivity index (χ4n) is 8.21. The first-order chi connectivity index (χ1) is 22.0. The SMILES string of the molecule is CC(C)c1ccccc1-c1cccc2c1C([Si](C)(C)C1=C(C(C)(C)C)[CH]c3cccc(-c4ccccc4C(C)C)c31)=C(C(C)(C)C)[CH]2. The fraction of sp³-hybridized carbons (Fsp3) is 0.348. The van der Waals surface area contributed by atoms with E-state index in [1.54, 1.807) is 10.4 Å².